The highest BCUT2D eigenvalue weighted by atomic mass is 35.5. The smallest absolute Gasteiger partial charge is 0.305 e. The molecule has 2 rings (SSSR count). The predicted octanol–water partition coefficient (Wildman–Crippen LogP) is 3.51. The fraction of sp³-hybridized carbons (Fsp3) is 0.562. The summed E-state index contributed by atoms with van der Waals surface area (Å²) in [6.45, 7) is 5.33. The Morgan fingerprint density at radius 2 is 2.25 bits per heavy atom. The van der Waals surface area contributed by atoms with Crippen LogP contribution in [-0.2, 0) is 16.0 Å². The van der Waals surface area contributed by atoms with Crippen LogP contribution in [0.25, 0.3) is 0 Å². The van der Waals surface area contributed by atoms with Gasteiger partial charge in [0, 0.05) is 17.5 Å². The molecule has 1 atom stereocenters. The van der Waals surface area contributed by atoms with Crippen LogP contribution in [0.3, 0.4) is 0 Å². The van der Waals surface area contributed by atoms with Crippen LogP contribution < -0.4 is 5.32 Å². The molecule has 1 aromatic carbocycles. The summed E-state index contributed by atoms with van der Waals surface area (Å²) in [7, 11) is 1.42. The van der Waals surface area contributed by atoms with E-state index >= 15 is 0 Å². The minimum absolute atomic E-state index is 0.152. The molecule has 3 nitrogen and oxygen atoms in total. The molecule has 110 valence electrons. The Morgan fingerprint density at radius 1 is 1.50 bits per heavy atom. The quantitative estimate of drug-likeness (QED) is 0.667. The molecule has 0 spiro atoms. The predicted molar refractivity (Wildman–Crippen MR) is 80.9 cm³/mol. The average Bonchev–Trinajstić information content (AvgIpc) is 2.64. The van der Waals surface area contributed by atoms with Gasteiger partial charge in [-0.15, -0.1) is 0 Å². The Labute approximate surface area is 125 Å². The van der Waals surface area contributed by atoms with E-state index in [4.69, 9.17) is 11.6 Å². The van der Waals surface area contributed by atoms with Crippen LogP contribution in [0.4, 0.5) is 0 Å². The Morgan fingerprint density at radius 3 is 2.95 bits per heavy atom. The summed E-state index contributed by atoms with van der Waals surface area (Å²) in [5, 5.41) is 4.35. The van der Waals surface area contributed by atoms with Gasteiger partial charge in [0.1, 0.15) is 0 Å². The third-order valence-electron chi connectivity index (χ3n) is 3.98. The second kappa shape index (κ2) is 6.15. The number of esters is 1. The second-order valence-corrected chi connectivity index (χ2v) is 6.51. The van der Waals surface area contributed by atoms with Gasteiger partial charge in [-0.2, -0.15) is 0 Å². The van der Waals surface area contributed by atoms with Crippen molar-refractivity contribution in [3.05, 3.63) is 34.3 Å². The van der Waals surface area contributed by atoms with Crippen LogP contribution in [0.2, 0.25) is 5.02 Å². The lowest BCUT2D eigenvalue weighted by molar-refractivity contribution is -0.140. The number of rotatable bonds is 5. The highest BCUT2D eigenvalue weighted by Crippen LogP contribution is 2.45. The SMILES string of the molecule is COC(=O)CCCNC1c2cc(Cl)ccc2CC1(C)C. The van der Waals surface area contributed by atoms with Gasteiger partial charge in [0.25, 0.3) is 0 Å². The molecule has 1 N–H and O–H groups in total. The van der Waals surface area contributed by atoms with E-state index in [1.54, 1.807) is 0 Å². The maximum absolute atomic E-state index is 11.1. The fourth-order valence-corrected chi connectivity index (χ4v) is 3.16. The molecule has 0 aliphatic heterocycles. The third-order valence-corrected chi connectivity index (χ3v) is 4.22. The molecule has 0 bridgehead atoms. The zero-order chi connectivity index (χ0) is 14.8. The molecule has 0 aromatic heterocycles. The molecule has 0 saturated carbocycles. The third kappa shape index (κ3) is 3.33. The molecule has 1 aromatic rings. The highest BCUT2D eigenvalue weighted by Gasteiger charge is 2.38. The number of carbonyl (C=O) groups is 1. The first-order chi connectivity index (χ1) is 9.44. The number of ether oxygens (including phenoxy) is 1. The molecule has 20 heavy (non-hydrogen) atoms. The lowest BCUT2D eigenvalue weighted by Gasteiger charge is -2.28. The Balaban J connectivity index is 2.00. The number of hydrogen-bond acceptors (Lipinski definition) is 3. The first-order valence-corrected chi connectivity index (χ1v) is 7.40. The van der Waals surface area contributed by atoms with Gasteiger partial charge in [0.2, 0.25) is 0 Å². The molecule has 1 aliphatic rings. The van der Waals surface area contributed by atoms with Crippen molar-refractivity contribution in [2.75, 3.05) is 13.7 Å². The summed E-state index contributed by atoms with van der Waals surface area (Å²) < 4.78 is 4.65. The molecule has 1 aliphatic carbocycles. The normalized spacial score (nSPS) is 19.7. The van der Waals surface area contributed by atoms with Crippen LogP contribution >= 0.6 is 11.6 Å². The number of fused-ring (bicyclic) bond motifs is 1. The first kappa shape index (κ1) is 15.3. The van der Waals surface area contributed by atoms with E-state index in [-0.39, 0.29) is 17.4 Å². The standard InChI is InChI=1S/C16H22ClNO2/c1-16(2)10-11-6-7-12(17)9-13(11)15(16)18-8-4-5-14(19)20-3/h6-7,9,15,18H,4-5,8,10H2,1-3H3. The van der Waals surface area contributed by atoms with Crippen molar-refractivity contribution in [2.45, 2.75) is 39.2 Å². The van der Waals surface area contributed by atoms with Crippen molar-refractivity contribution < 1.29 is 9.53 Å². The molecule has 0 fully saturated rings. The molecule has 0 saturated heterocycles. The topological polar surface area (TPSA) is 38.3 Å². The minimum atomic E-state index is -0.152. The molecule has 0 amide bonds. The van der Waals surface area contributed by atoms with Gasteiger partial charge in [0.15, 0.2) is 0 Å². The van der Waals surface area contributed by atoms with E-state index in [0.29, 0.717) is 6.42 Å². The minimum Gasteiger partial charge on any atom is -0.469 e. The van der Waals surface area contributed by atoms with E-state index in [1.165, 1.54) is 18.2 Å². The lowest BCUT2D eigenvalue weighted by Crippen LogP contribution is -2.32. The van der Waals surface area contributed by atoms with E-state index in [0.717, 1.165) is 24.4 Å². The summed E-state index contributed by atoms with van der Waals surface area (Å²) in [5.41, 5.74) is 2.82. The van der Waals surface area contributed by atoms with Gasteiger partial charge >= 0.3 is 5.97 Å². The lowest BCUT2D eigenvalue weighted by atomic mass is 9.85. The average molecular weight is 296 g/mol. The van der Waals surface area contributed by atoms with E-state index < -0.39 is 0 Å². The Kier molecular flexibility index (Phi) is 4.71. The second-order valence-electron chi connectivity index (χ2n) is 6.08. The van der Waals surface area contributed by atoms with Crippen LogP contribution in [0.5, 0.6) is 0 Å². The number of nitrogens with one attached hydrogen (secondary N) is 1. The van der Waals surface area contributed by atoms with E-state index in [1.807, 2.05) is 6.07 Å². The van der Waals surface area contributed by atoms with E-state index in [2.05, 4.69) is 36.0 Å². The van der Waals surface area contributed by atoms with Crippen LogP contribution in [-0.4, -0.2) is 19.6 Å². The van der Waals surface area contributed by atoms with Crippen LogP contribution in [0.15, 0.2) is 18.2 Å². The van der Waals surface area contributed by atoms with Crippen molar-refractivity contribution in [3.8, 4) is 0 Å². The van der Waals surface area contributed by atoms with Gasteiger partial charge < -0.3 is 10.1 Å². The zero-order valence-electron chi connectivity index (χ0n) is 12.3. The number of halogens is 1. The number of carbonyl (C=O) groups excluding carboxylic acids is 1. The monoisotopic (exact) mass is 295 g/mol. The number of methoxy groups -OCH3 is 1. The van der Waals surface area contributed by atoms with Crippen molar-refractivity contribution >= 4 is 17.6 Å². The molecule has 0 heterocycles. The number of benzene rings is 1. The summed E-state index contributed by atoms with van der Waals surface area (Å²) >= 11 is 6.11. The van der Waals surface area contributed by atoms with Crippen molar-refractivity contribution in [1.29, 1.82) is 0 Å². The fourth-order valence-electron chi connectivity index (χ4n) is 2.98. The van der Waals surface area contributed by atoms with Gasteiger partial charge in [-0.1, -0.05) is 31.5 Å². The van der Waals surface area contributed by atoms with Crippen molar-refractivity contribution in [2.24, 2.45) is 5.41 Å². The van der Waals surface area contributed by atoms with E-state index in [9.17, 15) is 4.79 Å². The molecule has 0 radical (unpaired) electrons. The maximum Gasteiger partial charge on any atom is 0.305 e. The van der Waals surface area contributed by atoms with Gasteiger partial charge in [-0.25, -0.2) is 0 Å². The molecular formula is C16H22ClNO2. The largest absolute Gasteiger partial charge is 0.469 e. The van der Waals surface area contributed by atoms with Crippen LogP contribution in [0.1, 0.15) is 43.9 Å². The Hall–Kier alpha value is -1.06. The van der Waals surface area contributed by atoms with Crippen molar-refractivity contribution in [1.82, 2.24) is 5.32 Å². The zero-order valence-corrected chi connectivity index (χ0v) is 13.1. The van der Waals surface area contributed by atoms with Crippen molar-refractivity contribution in [3.63, 3.8) is 0 Å². The molecule has 4 heteroatoms. The van der Waals surface area contributed by atoms with Gasteiger partial charge in [-0.3, -0.25) is 4.79 Å². The first-order valence-electron chi connectivity index (χ1n) is 7.02. The summed E-state index contributed by atoms with van der Waals surface area (Å²) in [6.07, 6.45) is 2.29. The Bertz CT molecular complexity index is 499. The molecule has 1 unspecified atom stereocenters. The number of hydrogen-bond donors (Lipinski definition) is 1. The molecular weight excluding hydrogens is 274 g/mol. The van der Waals surface area contributed by atoms with Gasteiger partial charge in [-0.05, 0) is 48.1 Å². The summed E-state index contributed by atoms with van der Waals surface area (Å²) in [6, 6.07) is 6.42. The maximum atomic E-state index is 11.1. The highest BCUT2D eigenvalue weighted by molar-refractivity contribution is 6.30. The summed E-state index contributed by atoms with van der Waals surface area (Å²) in [4.78, 5) is 11.1. The van der Waals surface area contributed by atoms with Crippen LogP contribution in [0, 0.1) is 5.41 Å². The van der Waals surface area contributed by atoms with Gasteiger partial charge in [0.05, 0.1) is 7.11 Å². The summed E-state index contributed by atoms with van der Waals surface area (Å²) in [5.74, 6) is -0.152.